The van der Waals surface area contributed by atoms with E-state index in [4.69, 9.17) is 0 Å². The quantitative estimate of drug-likeness (QED) is 0.444. The van der Waals surface area contributed by atoms with Crippen molar-refractivity contribution in [3.05, 3.63) is 35.4 Å². The van der Waals surface area contributed by atoms with Crippen LogP contribution in [0.1, 0.15) is 31.9 Å². The Morgan fingerprint density at radius 2 is 1.87 bits per heavy atom. The van der Waals surface area contributed by atoms with Gasteiger partial charge in [-0.05, 0) is 28.5 Å². The molecule has 0 unspecified atom stereocenters. The standard InChI is InChI=1S/C12H15NOS/c1-12(2,3)11-6-4-10(5-7-11)8-15-13-9-14/h4-7H,8H2,1-3H3. The summed E-state index contributed by atoms with van der Waals surface area (Å²) in [5.41, 5.74) is 2.68. The van der Waals surface area contributed by atoms with E-state index in [1.54, 1.807) is 0 Å². The van der Waals surface area contributed by atoms with Crippen molar-refractivity contribution in [2.24, 2.45) is 4.40 Å². The minimum absolute atomic E-state index is 0.187. The lowest BCUT2D eigenvalue weighted by atomic mass is 9.87. The number of benzene rings is 1. The summed E-state index contributed by atoms with van der Waals surface area (Å²) in [5.74, 6) is 0.722. The molecule has 0 amide bonds. The molecule has 80 valence electrons. The molecule has 3 heteroatoms. The lowest BCUT2D eigenvalue weighted by Crippen LogP contribution is -2.10. The summed E-state index contributed by atoms with van der Waals surface area (Å²) in [4.78, 5) is 9.87. The lowest BCUT2D eigenvalue weighted by Gasteiger charge is -2.18. The summed E-state index contributed by atoms with van der Waals surface area (Å²) in [5, 5.41) is 0. The summed E-state index contributed by atoms with van der Waals surface area (Å²) in [7, 11) is 0. The Hall–Kier alpha value is -1.05. The van der Waals surface area contributed by atoms with E-state index in [1.807, 2.05) is 0 Å². The predicted octanol–water partition coefficient (Wildman–Crippen LogP) is 3.47. The number of nitrogens with zero attached hydrogens (tertiary/aromatic N) is 1. The molecule has 0 spiro atoms. The first-order chi connectivity index (χ1) is 7.04. The molecule has 0 aliphatic carbocycles. The van der Waals surface area contributed by atoms with Crippen molar-refractivity contribution < 1.29 is 4.79 Å². The third kappa shape index (κ3) is 3.90. The van der Waals surface area contributed by atoms with Crippen LogP contribution in [-0.4, -0.2) is 6.08 Å². The average molecular weight is 221 g/mol. The maximum Gasteiger partial charge on any atom is 0.247 e. The van der Waals surface area contributed by atoms with Gasteiger partial charge in [0, 0.05) is 5.75 Å². The maximum absolute atomic E-state index is 9.87. The maximum atomic E-state index is 9.87. The van der Waals surface area contributed by atoms with Gasteiger partial charge >= 0.3 is 0 Å². The van der Waals surface area contributed by atoms with Crippen LogP contribution >= 0.6 is 11.9 Å². The van der Waals surface area contributed by atoms with Gasteiger partial charge in [0.2, 0.25) is 6.08 Å². The highest BCUT2D eigenvalue weighted by atomic mass is 32.2. The summed E-state index contributed by atoms with van der Waals surface area (Å²) in [6.45, 7) is 6.56. The Morgan fingerprint density at radius 1 is 1.27 bits per heavy atom. The first-order valence-electron chi connectivity index (χ1n) is 4.82. The van der Waals surface area contributed by atoms with Gasteiger partial charge in [0.05, 0.1) is 0 Å². The van der Waals surface area contributed by atoms with Crippen molar-refractivity contribution in [3.8, 4) is 0 Å². The second-order valence-electron chi connectivity index (χ2n) is 4.40. The normalized spacial score (nSPS) is 10.9. The molecule has 2 nitrogen and oxygen atoms in total. The minimum Gasteiger partial charge on any atom is -0.210 e. The third-order valence-electron chi connectivity index (χ3n) is 2.15. The lowest BCUT2D eigenvalue weighted by molar-refractivity contribution is 0.566. The number of rotatable bonds is 3. The molecule has 15 heavy (non-hydrogen) atoms. The highest BCUT2D eigenvalue weighted by molar-refractivity contribution is 7.97. The van der Waals surface area contributed by atoms with Gasteiger partial charge in [-0.3, -0.25) is 0 Å². The largest absolute Gasteiger partial charge is 0.247 e. The van der Waals surface area contributed by atoms with E-state index in [2.05, 4.69) is 49.4 Å². The van der Waals surface area contributed by atoms with Crippen molar-refractivity contribution in [3.63, 3.8) is 0 Å². The molecule has 1 aromatic rings. The summed E-state index contributed by atoms with van der Waals surface area (Å²) < 4.78 is 3.45. The van der Waals surface area contributed by atoms with Crippen LogP contribution in [0.15, 0.2) is 28.7 Å². The van der Waals surface area contributed by atoms with Crippen LogP contribution in [-0.2, 0) is 16.0 Å². The number of hydrogen-bond acceptors (Lipinski definition) is 3. The van der Waals surface area contributed by atoms with Crippen molar-refractivity contribution in [2.45, 2.75) is 31.9 Å². The summed E-state index contributed by atoms with van der Waals surface area (Å²) >= 11 is 1.22. The Balaban J connectivity index is 2.68. The smallest absolute Gasteiger partial charge is 0.210 e. The summed E-state index contributed by atoms with van der Waals surface area (Å²) in [6.07, 6.45) is 1.51. The van der Waals surface area contributed by atoms with E-state index in [0.717, 1.165) is 5.75 Å². The molecule has 0 heterocycles. The Kier molecular flexibility index (Phi) is 4.13. The molecule has 0 aliphatic heterocycles. The highest BCUT2D eigenvalue weighted by Gasteiger charge is 2.12. The van der Waals surface area contributed by atoms with E-state index in [-0.39, 0.29) is 5.41 Å². The van der Waals surface area contributed by atoms with Crippen molar-refractivity contribution >= 4 is 18.0 Å². The Bertz CT molecular complexity index is 358. The third-order valence-corrected chi connectivity index (χ3v) is 2.82. The second kappa shape index (κ2) is 5.15. The van der Waals surface area contributed by atoms with Crippen molar-refractivity contribution in [2.75, 3.05) is 0 Å². The van der Waals surface area contributed by atoms with Crippen molar-refractivity contribution in [1.29, 1.82) is 0 Å². The number of isocyanates is 1. The Labute approximate surface area is 94.9 Å². The molecule has 0 saturated carbocycles. The zero-order valence-electron chi connectivity index (χ0n) is 9.28. The molecule has 0 radical (unpaired) electrons. The molecule has 1 aromatic carbocycles. The molecule has 0 aliphatic rings. The molecule has 0 saturated heterocycles. The fourth-order valence-corrected chi connectivity index (χ4v) is 1.69. The van der Waals surface area contributed by atoms with Crippen LogP contribution in [0.4, 0.5) is 0 Å². The topological polar surface area (TPSA) is 29.4 Å². The Morgan fingerprint density at radius 3 is 2.33 bits per heavy atom. The van der Waals surface area contributed by atoms with Gasteiger partial charge in [-0.25, -0.2) is 4.79 Å². The van der Waals surface area contributed by atoms with E-state index < -0.39 is 0 Å². The SMILES string of the molecule is CC(C)(C)c1ccc(CSN=C=O)cc1. The van der Waals surface area contributed by atoms with Gasteiger partial charge in [0.1, 0.15) is 0 Å². The van der Waals surface area contributed by atoms with Gasteiger partial charge in [-0.2, -0.15) is 0 Å². The predicted molar refractivity (Wildman–Crippen MR) is 64.6 cm³/mol. The van der Waals surface area contributed by atoms with Gasteiger partial charge in [-0.15, -0.1) is 4.40 Å². The van der Waals surface area contributed by atoms with E-state index in [9.17, 15) is 4.79 Å². The van der Waals surface area contributed by atoms with Crippen LogP contribution in [0, 0.1) is 0 Å². The molecular weight excluding hydrogens is 206 g/mol. The molecule has 0 atom stereocenters. The van der Waals surface area contributed by atoms with E-state index >= 15 is 0 Å². The van der Waals surface area contributed by atoms with Crippen LogP contribution in [0.2, 0.25) is 0 Å². The first kappa shape index (κ1) is 12.0. The van der Waals surface area contributed by atoms with Gasteiger partial charge in [0.25, 0.3) is 0 Å². The van der Waals surface area contributed by atoms with Gasteiger partial charge in [0.15, 0.2) is 0 Å². The monoisotopic (exact) mass is 221 g/mol. The fourth-order valence-electron chi connectivity index (χ4n) is 1.23. The zero-order valence-corrected chi connectivity index (χ0v) is 10.1. The minimum atomic E-state index is 0.187. The first-order valence-corrected chi connectivity index (χ1v) is 5.77. The van der Waals surface area contributed by atoms with E-state index in [0.29, 0.717) is 0 Å². The second-order valence-corrected chi connectivity index (χ2v) is 5.13. The highest BCUT2D eigenvalue weighted by Crippen LogP contribution is 2.23. The van der Waals surface area contributed by atoms with Crippen LogP contribution in [0.3, 0.4) is 0 Å². The number of hydrogen-bond donors (Lipinski definition) is 0. The average Bonchev–Trinajstić information content (AvgIpc) is 2.18. The molecule has 0 N–H and O–H groups in total. The van der Waals surface area contributed by atoms with Gasteiger partial charge in [-0.1, -0.05) is 45.0 Å². The molecule has 0 bridgehead atoms. The van der Waals surface area contributed by atoms with Crippen LogP contribution < -0.4 is 0 Å². The molecule has 1 rings (SSSR count). The fraction of sp³-hybridized carbons (Fsp3) is 0.417. The summed E-state index contributed by atoms with van der Waals surface area (Å²) in [6, 6.07) is 8.41. The van der Waals surface area contributed by atoms with Crippen molar-refractivity contribution in [1.82, 2.24) is 0 Å². The zero-order chi connectivity index (χ0) is 11.3. The van der Waals surface area contributed by atoms with Gasteiger partial charge < -0.3 is 0 Å². The van der Waals surface area contributed by atoms with Crippen LogP contribution in [0.25, 0.3) is 0 Å². The number of carbonyl (C=O) groups excluding carboxylic acids is 1. The van der Waals surface area contributed by atoms with Crippen LogP contribution in [0.5, 0.6) is 0 Å². The van der Waals surface area contributed by atoms with E-state index in [1.165, 1.54) is 29.2 Å². The molecule has 0 fully saturated rings. The molecule has 0 aromatic heterocycles. The molecular formula is C12H15NOS.